The van der Waals surface area contributed by atoms with E-state index in [-0.39, 0.29) is 5.76 Å². The van der Waals surface area contributed by atoms with Gasteiger partial charge in [0.25, 0.3) is 0 Å². The van der Waals surface area contributed by atoms with Crippen LogP contribution in [0.2, 0.25) is 0 Å². The Labute approximate surface area is 122 Å². The average Bonchev–Trinajstić information content (AvgIpc) is 2.84. The van der Waals surface area contributed by atoms with E-state index in [1.165, 1.54) is 0 Å². The molecular formula is C17H14O4. The van der Waals surface area contributed by atoms with E-state index in [4.69, 9.17) is 9.47 Å². The zero-order valence-electron chi connectivity index (χ0n) is 11.4. The van der Waals surface area contributed by atoms with Crippen molar-refractivity contribution in [3.05, 3.63) is 71.5 Å². The Morgan fingerprint density at radius 1 is 1.05 bits per heavy atom. The standard InChI is InChI=1S/C17H14O4/c1-20-13-9-7-12(8-10-13)16-14(15(18)17(19)21-16)11-5-3-2-4-6-11/h2-10,16,18H,1H3. The number of cyclic esters (lactones) is 1. The molecule has 4 nitrogen and oxygen atoms in total. The maximum atomic E-state index is 11.7. The van der Waals surface area contributed by atoms with Crippen LogP contribution in [0.15, 0.2) is 60.4 Å². The number of hydrogen-bond donors (Lipinski definition) is 1. The molecule has 106 valence electrons. The second-order valence-electron chi connectivity index (χ2n) is 4.69. The summed E-state index contributed by atoms with van der Waals surface area (Å²) in [7, 11) is 1.59. The molecule has 0 bridgehead atoms. The zero-order chi connectivity index (χ0) is 14.8. The summed E-state index contributed by atoms with van der Waals surface area (Å²) in [4.78, 5) is 11.7. The first kappa shape index (κ1) is 13.2. The molecule has 3 rings (SSSR count). The van der Waals surface area contributed by atoms with Gasteiger partial charge in [0.1, 0.15) is 5.75 Å². The number of ether oxygens (including phenoxy) is 2. The Bertz CT molecular complexity index is 686. The van der Waals surface area contributed by atoms with Crippen LogP contribution in [0.3, 0.4) is 0 Å². The van der Waals surface area contributed by atoms with E-state index < -0.39 is 12.1 Å². The fourth-order valence-electron chi connectivity index (χ4n) is 2.38. The summed E-state index contributed by atoms with van der Waals surface area (Å²) in [6.07, 6.45) is -0.606. The average molecular weight is 282 g/mol. The molecular weight excluding hydrogens is 268 g/mol. The summed E-state index contributed by atoms with van der Waals surface area (Å²) >= 11 is 0. The first-order chi connectivity index (χ1) is 10.2. The molecule has 0 aliphatic carbocycles. The minimum Gasteiger partial charge on any atom is -0.502 e. The molecule has 0 amide bonds. The minimum atomic E-state index is -0.699. The number of esters is 1. The predicted molar refractivity (Wildman–Crippen MR) is 77.8 cm³/mol. The Hall–Kier alpha value is -2.75. The number of benzene rings is 2. The highest BCUT2D eigenvalue weighted by molar-refractivity contribution is 6.00. The van der Waals surface area contributed by atoms with Gasteiger partial charge in [-0.1, -0.05) is 42.5 Å². The van der Waals surface area contributed by atoms with E-state index in [0.29, 0.717) is 5.57 Å². The van der Waals surface area contributed by atoms with Gasteiger partial charge in [0, 0.05) is 0 Å². The Balaban J connectivity index is 2.03. The van der Waals surface area contributed by atoms with Crippen LogP contribution in [-0.2, 0) is 9.53 Å². The highest BCUT2D eigenvalue weighted by Crippen LogP contribution is 2.40. The van der Waals surface area contributed by atoms with E-state index in [0.717, 1.165) is 16.9 Å². The van der Waals surface area contributed by atoms with E-state index in [1.807, 2.05) is 42.5 Å². The molecule has 0 saturated carbocycles. The minimum absolute atomic E-state index is 0.331. The summed E-state index contributed by atoms with van der Waals surface area (Å²) in [5.41, 5.74) is 2.04. The van der Waals surface area contributed by atoms with Crippen molar-refractivity contribution in [2.24, 2.45) is 0 Å². The predicted octanol–water partition coefficient (Wildman–Crippen LogP) is 3.26. The Morgan fingerprint density at radius 2 is 1.71 bits per heavy atom. The molecule has 0 radical (unpaired) electrons. The molecule has 1 aliphatic rings. The highest BCUT2D eigenvalue weighted by atomic mass is 16.6. The van der Waals surface area contributed by atoms with Gasteiger partial charge in [0.2, 0.25) is 5.76 Å². The maximum Gasteiger partial charge on any atom is 0.374 e. The van der Waals surface area contributed by atoms with Crippen LogP contribution < -0.4 is 4.74 Å². The molecule has 1 aliphatic heterocycles. The topological polar surface area (TPSA) is 55.8 Å². The molecule has 21 heavy (non-hydrogen) atoms. The molecule has 2 aromatic carbocycles. The van der Waals surface area contributed by atoms with E-state index in [1.54, 1.807) is 19.2 Å². The zero-order valence-corrected chi connectivity index (χ0v) is 11.4. The van der Waals surface area contributed by atoms with Gasteiger partial charge >= 0.3 is 5.97 Å². The lowest BCUT2D eigenvalue weighted by Gasteiger charge is -2.14. The third kappa shape index (κ3) is 2.36. The summed E-state index contributed by atoms with van der Waals surface area (Å²) in [5.74, 6) is -0.311. The first-order valence-electron chi connectivity index (χ1n) is 6.54. The van der Waals surface area contributed by atoms with Gasteiger partial charge in [-0.3, -0.25) is 0 Å². The van der Waals surface area contributed by atoms with Gasteiger partial charge in [-0.05, 0) is 23.3 Å². The van der Waals surface area contributed by atoms with E-state index in [9.17, 15) is 9.90 Å². The fraction of sp³-hybridized carbons (Fsp3) is 0.118. The number of aliphatic hydroxyl groups excluding tert-OH is 1. The number of carbonyl (C=O) groups is 1. The van der Waals surface area contributed by atoms with Crippen molar-refractivity contribution in [2.45, 2.75) is 6.10 Å². The van der Waals surface area contributed by atoms with Crippen molar-refractivity contribution >= 4 is 11.5 Å². The third-order valence-corrected chi connectivity index (χ3v) is 3.44. The lowest BCUT2D eigenvalue weighted by atomic mass is 9.95. The summed E-state index contributed by atoms with van der Waals surface area (Å²) < 4.78 is 10.4. The second kappa shape index (κ2) is 5.32. The highest BCUT2D eigenvalue weighted by Gasteiger charge is 2.36. The normalized spacial score (nSPS) is 17.8. The Kier molecular flexibility index (Phi) is 3.36. The number of rotatable bonds is 3. The lowest BCUT2D eigenvalue weighted by Crippen LogP contribution is -2.03. The first-order valence-corrected chi connectivity index (χ1v) is 6.54. The van der Waals surface area contributed by atoms with Crippen LogP contribution in [0.4, 0.5) is 0 Å². The van der Waals surface area contributed by atoms with Crippen LogP contribution in [0.5, 0.6) is 5.75 Å². The summed E-state index contributed by atoms with van der Waals surface area (Å²) in [6, 6.07) is 16.5. The van der Waals surface area contributed by atoms with Crippen molar-refractivity contribution in [2.75, 3.05) is 7.11 Å². The fourth-order valence-corrected chi connectivity index (χ4v) is 2.38. The van der Waals surface area contributed by atoms with Crippen LogP contribution >= 0.6 is 0 Å². The largest absolute Gasteiger partial charge is 0.502 e. The van der Waals surface area contributed by atoms with Crippen molar-refractivity contribution < 1.29 is 19.4 Å². The Morgan fingerprint density at radius 3 is 2.33 bits per heavy atom. The van der Waals surface area contributed by atoms with Gasteiger partial charge in [0.15, 0.2) is 6.10 Å². The van der Waals surface area contributed by atoms with Crippen molar-refractivity contribution in [1.82, 2.24) is 0 Å². The number of aliphatic hydroxyl groups is 1. The molecule has 0 spiro atoms. The molecule has 0 aromatic heterocycles. The van der Waals surface area contributed by atoms with E-state index >= 15 is 0 Å². The molecule has 4 heteroatoms. The van der Waals surface area contributed by atoms with Crippen LogP contribution in [-0.4, -0.2) is 18.2 Å². The van der Waals surface area contributed by atoms with Crippen LogP contribution in [0.25, 0.3) is 5.57 Å². The molecule has 1 N–H and O–H groups in total. The summed E-state index contributed by atoms with van der Waals surface area (Å²) in [5, 5.41) is 10.0. The van der Waals surface area contributed by atoms with Gasteiger partial charge in [-0.25, -0.2) is 4.79 Å². The smallest absolute Gasteiger partial charge is 0.374 e. The van der Waals surface area contributed by atoms with Crippen molar-refractivity contribution in [1.29, 1.82) is 0 Å². The molecule has 2 aromatic rings. The van der Waals surface area contributed by atoms with Crippen LogP contribution in [0, 0.1) is 0 Å². The van der Waals surface area contributed by atoms with Crippen LogP contribution in [0.1, 0.15) is 17.2 Å². The molecule has 1 unspecified atom stereocenters. The van der Waals surface area contributed by atoms with Gasteiger partial charge in [-0.15, -0.1) is 0 Å². The lowest BCUT2D eigenvalue weighted by molar-refractivity contribution is -0.142. The second-order valence-corrected chi connectivity index (χ2v) is 4.69. The molecule has 0 saturated heterocycles. The van der Waals surface area contributed by atoms with E-state index in [2.05, 4.69) is 0 Å². The SMILES string of the molecule is COc1ccc(C2OC(=O)C(O)=C2c2ccccc2)cc1. The maximum absolute atomic E-state index is 11.7. The van der Waals surface area contributed by atoms with Gasteiger partial charge in [-0.2, -0.15) is 0 Å². The molecule has 1 atom stereocenters. The van der Waals surface area contributed by atoms with Crippen molar-refractivity contribution in [3.8, 4) is 5.75 Å². The monoisotopic (exact) mass is 282 g/mol. The van der Waals surface area contributed by atoms with Gasteiger partial charge < -0.3 is 14.6 Å². The third-order valence-electron chi connectivity index (χ3n) is 3.44. The molecule has 0 fully saturated rings. The quantitative estimate of drug-likeness (QED) is 0.878. The number of hydrogen-bond acceptors (Lipinski definition) is 4. The number of carbonyl (C=O) groups excluding carboxylic acids is 1. The van der Waals surface area contributed by atoms with Crippen molar-refractivity contribution in [3.63, 3.8) is 0 Å². The molecule has 1 heterocycles. The van der Waals surface area contributed by atoms with Gasteiger partial charge in [0.05, 0.1) is 12.7 Å². The number of methoxy groups -OCH3 is 1. The summed E-state index contributed by atoms with van der Waals surface area (Å²) in [6.45, 7) is 0.